The first kappa shape index (κ1) is 16.8. The molecule has 0 spiro atoms. The van der Waals surface area contributed by atoms with Crippen molar-refractivity contribution >= 4 is 5.95 Å². The third-order valence-corrected chi connectivity index (χ3v) is 3.33. The SMILES string of the molecule is CCC(Nc1ncc(-c2noc(C(F)(F)F)n2)cn1)c1ccccn1. The first-order chi connectivity index (χ1) is 12.0. The Morgan fingerprint density at radius 3 is 2.48 bits per heavy atom. The predicted molar refractivity (Wildman–Crippen MR) is 81.2 cm³/mol. The molecule has 0 amide bonds. The minimum absolute atomic E-state index is 0.0888. The lowest BCUT2D eigenvalue weighted by Gasteiger charge is -2.16. The van der Waals surface area contributed by atoms with Gasteiger partial charge in [-0.2, -0.15) is 18.2 Å². The molecule has 130 valence electrons. The fourth-order valence-electron chi connectivity index (χ4n) is 2.10. The summed E-state index contributed by atoms with van der Waals surface area (Å²) in [6.07, 6.45) is 0.404. The highest BCUT2D eigenvalue weighted by molar-refractivity contribution is 5.52. The molecule has 0 saturated carbocycles. The number of nitrogens with zero attached hydrogens (tertiary/aromatic N) is 5. The molecule has 1 atom stereocenters. The van der Waals surface area contributed by atoms with E-state index in [2.05, 4.69) is 34.9 Å². The summed E-state index contributed by atoms with van der Waals surface area (Å²) >= 11 is 0. The summed E-state index contributed by atoms with van der Waals surface area (Å²) in [5.41, 5.74) is 1.06. The molecule has 3 heterocycles. The number of anilines is 1. The summed E-state index contributed by atoms with van der Waals surface area (Å²) in [5.74, 6) is -1.32. The number of nitrogens with one attached hydrogen (secondary N) is 1. The minimum Gasteiger partial charge on any atom is -0.346 e. The van der Waals surface area contributed by atoms with E-state index in [1.807, 2.05) is 25.1 Å². The maximum absolute atomic E-state index is 12.5. The maximum Gasteiger partial charge on any atom is 0.471 e. The number of alkyl halides is 3. The Kier molecular flexibility index (Phi) is 4.59. The third kappa shape index (κ3) is 3.90. The van der Waals surface area contributed by atoms with E-state index in [0.29, 0.717) is 5.95 Å². The van der Waals surface area contributed by atoms with Gasteiger partial charge in [-0.1, -0.05) is 18.1 Å². The second-order valence-electron chi connectivity index (χ2n) is 5.08. The van der Waals surface area contributed by atoms with Gasteiger partial charge in [-0.05, 0) is 18.6 Å². The molecule has 0 aliphatic rings. The number of hydrogen-bond acceptors (Lipinski definition) is 7. The molecule has 7 nitrogen and oxygen atoms in total. The van der Waals surface area contributed by atoms with Crippen molar-refractivity contribution in [3.63, 3.8) is 0 Å². The van der Waals surface area contributed by atoms with E-state index in [4.69, 9.17) is 0 Å². The molecular weight excluding hydrogens is 337 g/mol. The van der Waals surface area contributed by atoms with Crippen LogP contribution in [0.1, 0.15) is 31.0 Å². The largest absolute Gasteiger partial charge is 0.471 e. The van der Waals surface area contributed by atoms with Crippen LogP contribution < -0.4 is 5.32 Å². The van der Waals surface area contributed by atoms with E-state index in [0.717, 1.165) is 12.1 Å². The topological polar surface area (TPSA) is 89.6 Å². The van der Waals surface area contributed by atoms with Crippen molar-refractivity contribution in [1.29, 1.82) is 0 Å². The van der Waals surface area contributed by atoms with Crippen LogP contribution in [0.3, 0.4) is 0 Å². The Hall–Kier alpha value is -3.04. The standard InChI is InChI=1S/C15H13F3N6O/c1-2-10(11-5-3-4-6-19-11)22-14-20-7-9(8-21-14)12-23-13(25-24-12)15(16,17)18/h3-8,10H,2H2,1H3,(H,20,21,22). The van der Waals surface area contributed by atoms with Gasteiger partial charge in [0.2, 0.25) is 11.8 Å². The number of rotatable bonds is 5. The first-order valence-electron chi connectivity index (χ1n) is 7.38. The molecule has 0 aliphatic heterocycles. The van der Waals surface area contributed by atoms with Gasteiger partial charge in [-0.15, -0.1) is 0 Å². The lowest BCUT2D eigenvalue weighted by atomic mass is 10.1. The van der Waals surface area contributed by atoms with Gasteiger partial charge >= 0.3 is 12.1 Å². The van der Waals surface area contributed by atoms with E-state index in [1.165, 1.54) is 12.4 Å². The van der Waals surface area contributed by atoms with Gasteiger partial charge in [0.1, 0.15) is 0 Å². The van der Waals surface area contributed by atoms with Gasteiger partial charge in [-0.3, -0.25) is 4.98 Å². The second kappa shape index (κ2) is 6.83. The molecule has 0 bridgehead atoms. The van der Waals surface area contributed by atoms with Crippen LogP contribution in [0.2, 0.25) is 0 Å². The number of hydrogen-bond donors (Lipinski definition) is 1. The van der Waals surface area contributed by atoms with E-state index >= 15 is 0 Å². The van der Waals surface area contributed by atoms with Crippen LogP contribution in [-0.4, -0.2) is 25.1 Å². The van der Waals surface area contributed by atoms with E-state index in [1.54, 1.807) is 6.20 Å². The van der Waals surface area contributed by atoms with E-state index < -0.39 is 12.1 Å². The fourth-order valence-corrected chi connectivity index (χ4v) is 2.10. The monoisotopic (exact) mass is 350 g/mol. The molecule has 1 unspecified atom stereocenters. The zero-order valence-electron chi connectivity index (χ0n) is 13.0. The Morgan fingerprint density at radius 1 is 1.16 bits per heavy atom. The van der Waals surface area contributed by atoms with Gasteiger partial charge in [0, 0.05) is 18.6 Å². The first-order valence-corrected chi connectivity index (χ1v) is 7.38. The molecule has 0 radical (unpaired) electrons. The Bertz CT molecular complexity index is 819. The molecule has 3 aromatic heterocycles. The predicted octanol–water partition coefficient (Wildman–Crippen LogP) is 3.50. The third-order valence-electron chi connectivity index (χ3n) is 3.33. The van der Waals surface area contributed by atoms with E-state index in [-0.39, 0.29) is 17.4 Å². The molecule has 25 heavy (non-hydrogen) atoms. The van der Waals surface area contributed by atoms with Crippen molar-refractivity contribution in [3.05, 3.63) is 48.4 Å². The lowest BCUT2D eigenvalue weighted by Crippen LogP contribution is -2.13. The van der Waals surface area contributed by atoms with Crippen LogP contribution in [0.25, 0.3) is 11.4 Å². The zero-order valence-corrected chi connectivity index (χ0v) is 13.0. The highest BCUT2D eigenvalue weighted by Crippen LogP contribution is 2.29. The van der Waals surface area contributed by atoms with Crippen LogP contribution in [0.5, 0.6) is 0 Å². The van der Waals surface area contributed by atoms with Crippen molar-refractivity contribution < 1.29 is 17.7 Å². The Morgan fingerprint density at radius 2 is 1.92 bits per heavy atom. The Balaban J connectivity index is 1.75. The molecule has 0 aromatic carbocycles. The van der Waals surface area contributed by atoms with Gasteiger partial charge in [0.15, 0.2) is 0 Å². The summed E-state index contributed by atoms with van der Waals surface area (Å²) in [6, 6.07) is 5.49. The van der Waals surface area contributed by atoms with Crippen molar-refractivity contribution in [3.8, 4) is 11.4 Å². The number of pyridine rings is 1. The lowest BCUT2D eigenvalue weighted by molar-refractivity contribution is -0.159. The summed E-state index contributed by atoms with van der Waals surface area (Å²) in [6.45, 7) is 1.98. The van der Waals surface area contributed by atoms with Crippen molar-refractivity contribution in [1.82, 2.24) is 25.1 Å². The Labute approximate surface area is 140 Å². The molecule has 0 saturated heterocycles. The number of halogens is 3. The molecule has 0 fully saturated rings. The smallest absolute Gasteiger partial charge is 0.346 e. The van der Waals surface area contributed by atoms with Gasteiger partial charge in [-0.25, -0.2) is 9.97 Å². The summed E-state index contributed by atoms with van der Waals surface area (Å²) in [4.78, 5) is 15.7. The van der Waals surface area contributed by atoms with Crippen LogP contribution in [0.4, 0.5) is 19.1 Å². The van der Waals surface area contributed by atoms with Crippen molar-refractivity contribution in [2.24, 2.45) is 0 Å². The minimum atomic E-state index is -4.69. The molecule has 3 aromatic rings. The molecule has 3 rings (SSSR count). The van der Waals surface area contributed by atoms with Crippen molar-refractivity contribution in [2.45, 2.75) is 25.6 Å². The molecule has 1 N–H and O–H groups in total. The summed E-state index contributed by atoms with van der Waals surface area (Å²) in [7, 11) is 0. The average molecular weight is 350 g/mol. The van der Waals surface area contributed by atoms with Gasteiger partial charge < -0.3 is 9.84 Å². The van der Waals surface area contributed by atoms with Crippen LogP contribution in [0.15, 0.2) is 41.3 Å². The second-order valence-corrected chi connectivity index (χ2v) is 5.08. The molecular formula is C15H13F3N6O. The highest BCUT2D eigenvalue weighted by atomic mass is 19.4. The van der Waals surface area contributed by atoms with Gasteiger partial charge in [0.05, 0.1) is 17.3 Å². The number of aromatic nitrogens is 5. The quantitative estimate of drug-likeness (QED) is 0.753. The maximum atomic E-state index is 12.5. The highest BCUT2D eigenvalue weighted by Gasteiger charge is 2.38. The zero-order chi connectivity index (χ0) is 17.9. The van der Waals surface area contributed by atoms with Gasteiger partial charge in [0.25, 0.3) is 0 Å². The van der Waals surface area contributed by atoms with Crippen LogP contribution in [0, 0.1) is 0 Å². The average Bonchev–Trinajstić information content (AvgIpc) is 3.11. The van der Waals surface area contributed by atoms with E-state index in [9.17, 15) is 13.2 Å². The summed E-state index contributed by atoms with van der Waals surface area (Å²) < 4.78 is 41.6. The molecule has 0 aliphatic carbocycles. The van der Waals surface area contributed by atoms with Crippen molar-refractivity contribution in [2.75, 3.05) is 5.32 Å². The normalized spacial score (nSPS) is 12.8. The van der Waals surface area contributed by atoms with Crippen LogP contribution >= 0.6 is 0 Å². The summed E-state index contributed by atoms with van der Waals surface area (Å²) in [5, 5.41) is 6.41. The van der Waals surface area contributed by atoms with Crippen LogP contribution in [-0.2, 0) is 6.18 Å². The fraction of sp³-hybridized carbons (Fsp3) is 0.267. The molecule has 10 heteroatoms.